The van der Waals surface area contributed by atoms with Crippen molar-refractivity contribution < 1.29 is 0 Å². The maximum absolute atomic E-state index is 5.29. The quantitative estimate of drug-likeness (QED) is 0.170. The van der Waals surface area contributed by atoms with E-state index in [-0.39, 0.29) is 0 Å². The van der Waals surface area contributed by atoms with Crippen LogP contribution >= 0.6 is 11.3 Å². The number of fused-ring (bicyclic) bond motifs is 9. The molecule has 0 fully saturated rings. The molecule has 6 aromatic carbocycles. The second-order valence-corrected chi connectivity index (χ2v) is 13.8. The molecule has 0 radical (unpaired) electrons. The van der Waals surface area contributed by atoms with Gasteiger partial charge in [-0.1, -0.05) is 131 Å². The van der Waals surface area contributed by atoms with Gasteiger partial charge in [0.2, 0.25) is 0 Å². The van der Waals surface area contributed by atoms with Gasteiger partial charge < -0.3 is 4.57 Å². The standard InChI is InChI=1S/C42H27N3S.C4H8.2C2H6/c1-2-11-29-26(10-1)22-25-37-39(29)33-14-4-7-18-36(33)45(37)28-23-20-27(21-24-28)42-43-35-17-6-3-13-32(35)40(44-42)34-16-9-15-31-30-12-5-8-19-38(30)46-41(31)34;1-3-4-2;2*1-2/h1-3,5-13,15-25H,4,14H2;3-4H,1-2H3;2*1-2H3/b;4-3-;;. The average Bonchev–Trinajstić information content (AvgIpc) is 3.81. The molecule has 0 aliphatic heterocycles. The maximum atomic E-state index is 5.29. The summed E-state index contributed by atoms with van der Waals surface area (Å²) in [7, 11) is 0. The van der Waals surface area contributed by atoms with Crippen LogP contribution in [0.5, 0.6) is 0 Å². The molecule has 0 amide bonds. The summed E-state index contributed by atoms with van der Waals surface area (Å²) in [5, 5.41) is 7.62. The number of hydrogen-bond acceptors (Lipinski definition) is 3. The Morgan fingerprint density at radius 1 is 0.630 bits per heavy atom. The summed E-state index contributed by atoms with van der Waals surface area (Å²) >= 11 is 1.84. The predicted molar refractivity (Wildman–Crippen MR) is 238 cm³/mol. The van der Waals surface area contributed by atoms with E-state index < -0.39 is 0 Å². The second-order valence-electron chi connectivity index (χ2n) is 12.7. The molecule has 268 valence electrons. The molecular weight excluding hydrogens is 675 g/mol. The molecule has 54 heavy (non-hydrogen) atoms. The maximum Gasteiger partial charge on any atom is 0.160 e. The van der Waals surface area contributed by atoms with Crippen LogP contribution in [0.4, 0.5) is 0 Å². The zero-order valence-electron chi connectivity index (χ0n) is 32.1. The van der Waals surface area contributed by atoms with E-state index in [1.807, 2.05) is 65.0 Å². The first-order chi connectivity index (χ1) is 26.7. The molecule has 0 unspecified atom stereocenters. The molecule has 0 bridgehead atoms. The average molecular weight is 722 g/mol. The highest BCUT2D eigenvalue weighted by Crippen LogP contribution is 2.42. The molecule has 0 saturated carbocycles. The first-order valence-electron chi connectivity index (χ1n) is 19.3. The first kappa shape index (κ1) is 36.5. The van der Waals surface area contributed by atoms with E-state index in [1.165, 1.54) is 53.1 Å². The van der Waals surface area contributed by atoms with E-state index in [2.05, 4.69) is 144 Å². The summed E-state index contributed by atoms with van der Waals surface area (Å²) in [5.74, 6) is 0.739. The van der Waals surface area contributed by atoms with Gasteiger partial charge in [-0.25, -0.2) is 9.97 Å². The Labute approximate surface area is 323 Å². The van der Waals surface area contributed by atoms with Gasteiger partial charge in [0.1, 0.15) is 0 Å². The molecule has 4 heteroatoms. The van der Waals surface area contributed by atoms with Gasteiger partial charge in [0.05, 0.1) is 16.7 Å². The fourth-order valence-electron chi connectivity index (χ4n) is 7.39. The largest absolute Gasteiger partial charge is 0.310 e. The van der Waals surface area contributed by atoms with Crippen molar-refractivity contribution in [3.63, 3.8) is 0 Å². The lowest BCUT2D eigenvalue weighted by Gasteiger charge is -2.13. The third-order valence-electron chi connectivity index (χ3n) is 9.82. The van der Waals surface area contributed by atoms with Gasteiger partial charge in [0.25, 0.3) is 0 Å². The summed E-state index contributed by atoms with van der Waals surface area (Å²) in [6.07, 6.45) is 10.7. The van der Waals surface area contributed by atoms with Crippen LogP contribution in [-0.4, -0.2) is 14.5 Å². The molecule has 9 aromatic rings. The number of rotatable bonds is 3. The number of benzene rings is 6. The fraction of sp³-hybridized carbons (Fsp3) is 0.160. The van der Waals surface area contributed by atoms with Crippen molar-refractivity contribution >= 4 is 70.2 Å². The summed E-state index contributed by atoms with van der Waals surface area (Å²) < 4.78 is 4.98. The van der Waals surface area contributed by atoms with E-state index in [9.17, 15) is 0 Å². The molecule has 3 aromatic heterocycles. The molecule has 3 heterocycles. The van der Waals surface area contributed by atoms with Gasteiger partial charge in [-0.2, -0.15) is 0 Å². The highest BCUT2D eigenvalue weighted by molar-refractivity contribution is 7.26. The van der Waals surface area contributed by atoms with Crippen LogP contribution in [-0.2, 0) is 6.42 Å². The van der Waals surface area contributed by atoms with Crippen molar-refractivity contribution in [2.45, 2.75) is 54.4 Å². The highest BCUT2D eigenvalue weighted by Gasteiger charge is 2.21. The monoisotopic (exact) mass is 721 g/mol. The number of nitrogens with zero attached hydrogens (tertiary/aromatic N) is 3. The van der Waals surface area contributed by atoms with E-state index in [0.29, 0.717) is 0 Å². The highest BCUT2D eigenvalue weighted by atomic mass is 32.1. The van der Waals surface area contributed by atoms with E-state index in [0.717, 1.165) is 52.1 Å². The Morgan fingerprint density at radius 3 is 2.09 bits per heavy atom. The lowest BCUT2D eigenvalue weighted by molar-refractivity contribution is 0.968. The van der Waals surface area contributed by atoms with Gasteiger partial charge in [-0.3, -0.25) is 0 Å². The minimum atomic E-state index is 0.739. The van der Waals surface area contributed by atoms with Gasteiger partial charge >= 0.3 is 0 Å². The van der Waals surface area contributed by atoms with Crippen molar-refractivity contribution in [1.82, 2.24) is 14.5 Å². The van der Waals surface area contributed by atoms with Crippen molar-refractivity contribution in [2.24, 2.45) is 0 Å². The van der Waals surface area contributed by atoms with Crippen LogP contribution in [0.15, 0.2) is 146 Å². The topological polar surface area (TPSA) is 30.7 Å². The molecule has 3 nitrogen and oxygen atoms in total. The van der Waals surface area contributed by atoms with E-state index in [4.69, 9.17) is 9.97 Å². The number of thiophene rings is 1. The van der Waals surface area contributed by atoms with Crippen LogP contribution in [0.2, 0.25) is 0 Å². The Bertz CT molecular complexity index is 2780. The normalized spacial score (nSPS) is 12.0. The number of aromatic nitrogens is 3. The second kappa shape index (κ2) is 16.4. The van der Waals surface area contributed by atoms with E-state index >= 15 is 0 Å². The number of para-hydroxylation sites is 1. The van der Waals surface area contributed by atoms with Crippen molar-refractivity contribution in [1.29, 1.82) is 0 Å². The molecule has 1 aliphatic carbocycles. The number of aryl methyl sites for hydroxylation is 1. The van der Waals surface area contributed by atoms with Gasteiger partial charge in [-0.15, -0.1) is 11.3 Å². The smallest absolute Gasteiger partial charge is 0.160 e. The lowest BCUT2D eigenvalue weighted by Crippen LogP contribution is -2.00. The third kappa shape index (κ3) is 6.52. The fourth-order valence-corrected chi connectivity index (χ4v) is 8.61. The Morgan fingerprint density at radius 2 is 1.31 bits per heavy atom. The molecule has 1 aliphatic rings. The minimum absolute atomic E-state index is 0.739. The summed E-state index contributed by atoms with van der Waals surface area (Å²) in [5.41, 5.74) is 9.21. The number of allylic oxidation sites excluding steroid dienone is 3. The molecule has 0 atom stereocenters. The molecule has 0 N–H and O–H groups in total. The predicted octanol–water partition coefficient (Wildman–Crippen LogP) is 15.0. The van der Waals surface area contributed by atoms with Crippen molar-refractivity contribution in [2.75, 3.05) is 0 Å². The Kier molecular flexibility index (Phi) is 11.1. The SMILES string of the molecule is C/C=C\C.C1=Cc2c(c3c4ccccc4ccc3n2-c2ccc(-c3nc(-c4cccc5c4sc4ccccc45)c4ccccc4n3)cc2)CC1.CC.CC. The Hall–Kier alpha value is -5.84. The van der Waals surface area contributed by atoms with Crippen molar-refractivity contribution in [3.8, 4) is 28.3 Å². The van der Waals surface area contributed by atoms with Gasteiger partial charge in [-0.05, 0) is 91.6 Å². The van der Waals surface area contributed by atoms with Crippen LogP contribution in [0.1, 0.15) is 59.2 Å². The first-order valence-corrected chi connectivity index (χ1v) is 20.1. The van der Waals surface area contributed by atoms with Crippen LogP contribution in [0, 0.1) is 0 Å². The zero-order chi connectivity index (χ0) is 37.6. The third-order valence-corrected chi connectivity index (χ3v) is 11.0. The molecular formula is C50H47N3S. The lowest BCUT2D eigenvalue weighted by atomic mass is 9.97. The summed E-state index contributed by atoms with van der Waals surface area (Å²) in [6, 6.07) is 45.7. The van der Waals surface area contributed by atoms with E-state index in [1.54, 1.807) is 0 Å². The Balaban J connectivity index is 0.000000523. The molecule has 10 rings (SSSR count). The van der Waals surface area contributed by atoms with Crippen LogP contribution in [0.3, 0.4) is 0 Å². The van der Waals surface area contributed by atoms with Gasteiger partial charge in [0, 0.05) is 53.5 Å². The van der Waals surface area contributed by atoms with Crippen LogP contribution < -0.4 is 0 Å². The van der Waals surface area contributed by atoms with Crippen LogP contribution in [0.25, 0.3) is 87.2 Å². The summed E-state index contributed by atoms with van der Waals surface area (Å²) in [6.45, 7) is 12.0. The molecule has 0 spiro atoms. The molecule has 0 saturated heterocycles. The summed E-state index contributed by atoms with van der Waals surface area (Å²) in [4.78, 5) is 10.4. The van der Waals surface area contributed by atoms with Crippen molar-refractivity contribution in [3.05, 3.63) is 157 Å². The zero-order valence-corrected chi connectivity index (χ0v) is 32.9. The number of hydrogen-bond donors (Lipinski definition) is 0. The van der Waals surface area contributed by atoms with Gasteiger partial charge in [0.15, 0.2) is 5.82 Å². The minimum Gasteiger partial charge on any atom is -0.310 e.